The van der Waals surface area contributed by atoms with E-state index in [2.05, 4.69) is 12.1 Å². The number of likely N-dealkylation sites (tertiary alicyclic amines) is 1. The molecule has 0 aliphatic carbocycles. The van der Waals surface area contributed by atoms with Gasteiger partial charge in [-0.05, 0) is 36.1 Å². The first-order valence-electron chi connectivity index (χ1n) is 8.39. The highest BCUT2D eigenvalue weighted by Crippen LogP contribution is 2.28. The van der Waals surface area contributed by atoms with Crippen molar-refractivity contribution in [3.05, 3.63) is 65.7 Å². The predicted octanol–water partition coefficient (Wildman–Crippen LogP) is 2.58. The third kappa shape index (κ3) is 3.77. The summed E-state index contributed by atoms with van der Waals surface area (Å²) in [7, 11) is 1.67. The summed E-state index contributed by atoms with van der Waals surface area (Å²) >= 11 is 0. The molecule has 1 fully saturated rings. The van der Waals surface area contributed by atoms with Gasteiger partial charge in [-0.25, -0.2) is 0 Å². The quantitative estimate of drug-likeness (QED) is 0.920. The molecule has 3 rings (SSSR count). The standard InChI is InChI=1S/C20H24N2O2/c1-24-18-9-7-16(8-10-18)17-11-12-22(14-17)20(23)19(21)13-15-5-3-2-4-6-15/h2-10,17,19H,11-14,21H2,1H3/t17-,19+/m1/s1. The molecule has 2 N–H and O–H groups in total. The molecular formula is C20H24N2O2. The van der Waals surface area contributed by atoms with Crippen molar-refractivity contribution in [2.24, 2.45) is 5.73 Å². The van der Waals surface area contributed by atoms with Gasteiger partial charge in [0.25, 0.3) is 0 Å². The van der Waals surface area contributed by atoms with Gasteiger partial charge in [-0.2, -0.15) is 0 Å². The number of carbonyl (C=O) groups is 1. The van der Waals surface area contributed by atoms with E-state index in [1.807, 2.05) is 47.4 Å². The zero-order chi connectivity index (χ0) is 16.9. The monoisotopic (exact) mass is 324 g/mol. The topological polar surface area (TPSA) is 55.6 Å². The van der Waals surface area contributed by atoms with Crippen molar-refractivity contribution < 1.29 is 9.53 Å². The van der Waals surface area contributed by atoms with Crippen LogP contribution in [0, 0.1) is 0 Å². The van der Waals surface area contributed by atoms with E-state index in [0.717, 1.165) is 30.8 Å². The Bertz CT molecular complexity index is 670. The molecule has 1 heterocycles. The summed E-state index contributed by atoms with van der Waals surface area (Å²) < 4.78 is 5.20. The molecule has 2 aromatic rings. The maximum atomic E-state index is 12.6. The number of hydrogen-bond acceptors (Lipinski definition) is 3. The Labute approximate surface area is 143 Å². The molecule has 0 unspecified atom stereocenters. The minimum atomic E-state index is -0.470. The van der Waals surface area contributed by atoms with Crippen LogP contribution < -0.4 is 10.5 Å². The Kier molecular flexibility index (Phi) is 5.16. The molecule has 1 aliphatic rings. The largest absolute Gasteiger partial charge is 0.497 e. The first-order valence-corrected chi connectivity index (χ1v) is 8.39. The number of nitrogens with zero attached hydrogens (tertiary/aromatic N) is 1. The highest BCUT2D eigenvalue weighted by atomic mass is 16.5. The zero-order valence-corrected chi connectivity index (χ0v) is 14.0. The van der Waals surface area contributed by atoms with Crippen molar-refractivity contribution in [2.45, 2.75) is 24.8 Å². The fourth-order valence-corrected chi connectivity index (χ4v) is 3.30. The zero-order valence-electron chi connectivity index (χ0n) is 14.0. The van der Waals surface area contributed by atoms with Gasteiger partial charge >= 0.3 is 0 Å². The molecule has 0 bridgehead atoms. The van der Waals surface area contributed by atoms with Gasteiger partial charge in [0, 0.05) is 19.0 Å². The smallest absolute Gasteiger partial charge is 0.239 e. The fraction of sp³-hybridized carbons (Fsp3) is 0.350. The molecule has 4 nitrogen and oxygen atoms in total. The number of carbonyl (C=O) groups excluding carboxylic acids is 1. The van der Waals surface area contributed by atoms with Gasteiger partial charge in [0.1, 0.15) is 5.75 Å². The van der Waals surface area contributed by atoms with Crippen molar-refractivity contribution in [2.75, 3.05) is 20.2 Å². The highest BCUT2D eigenvalue weighted by Gasteiger charge is 2.30. The fourth-order valence-electron chi connectivity index (χ4n) is 3.30. The van der Waals surface area contributed by atoms with E-state index in [4.69, 9.17) is 10.5 Å². The molecule has 0 saturated carbocycles. The SMILES string of the molecule is COc1ccc([C@@H]2CCN(C(=O)[C@@H](N)Cc3ccccc3)C2)cc1. The molecule has 0 radical (unpaired) electrons. The van der Waals surface area contributed by atoms with Gasteiger partial charge in [-0.3, -0.25) is 4.79 Å². The molecule has 1 aliphatic heterocycles. The van der Waals surface area contributed by atoms with Crippen molar-refractivity contribution in [1.29, 1.82) is 0 Å². The second-order valence-corrected chi connectivity index (χ2v) is 6.34. The van der Waals surface area contributed by atoms with E-state index in [0.29, 0.717) is 12.3 Å². The first-order chi connectivity index (χ1) is 11.7. The minimum Gasteiger partial charge on any atom is -0.497 e. The summed E-state index contributed by atoms with van der Waals surface area (Å²) in [5.74, 6) is 1.29. The van der Waals surface area contributed by atoms with Crippen LogP contribution in [0.4, 0.5) is 0 Å². The first kappa shape index (κ1) is 16.5. The second-order valence-electron chi connectivity index (χ2n) is 6.34. The van der Waals surface area contributed by atoms with Crippen LogP contribution in [0.3, 0.4) is 0 Å². The normalized spacial score (nSPS) is 18.4. The number of amides is 1. The molecule has 1 saturated heterocycles. The lowest BCUT2D eigenvalue weighted by molar-refractivity contribution is -0.131. The Morgan fingerprint density at radius 1 is 1.21 bits per heavy atom. The van der Waals surface area contributed by atoms with Crippen LogP contribution in [0.5, 0.6) is 5.75 Å². The molecule has 0 aromatic heterocycles. The number of benzene rings is 2. The van der Waals surface area contributed by atoms with Crippen LogP contribution in [0.25, 0.3) is 0 Å². The van der Waals surface area contributed by atoms with E-state index in [9.17, 15) is 4.79 Å². The summed E-state index contributed by atoms with van der Waals surface area (Å²) in [6.45, 7) is 1.52. The van der Waals surface area contributed by atoms with Crippen LogP contribution in [-0.4, -0.2) is 37.0 Å². The molecular weight excluding hydrogens is 300 g/mol. The van der Waals surface area contributed by atoms with Crippen LogP contribution in [-0.2, 0) is 11.2 Å². The molecule has 126 valence electrons. The van der Waals surface area contributed by atoms with Gasteiger partial charge in [-0.15, -0.1) is 0 Å². The van der Waals surface area contributed by atoms with Crippen LogP contribution in [0.2, 0.25) is 0 Å². The van der Waals surface area contributed by atoms with Crippen LogP contribution >= 0.6 is 0 Å². The van der Waals surface area contributed by atoms with Crippen molar-refractivity contribution >= 4 is 5.91 Å². The van der Waals surface area contributed by atoms with E-state index in [1.165, 1.54) is 5.56 Å². The van der Waals surface area contributed by atoms with E-state index < -0.39 is 6.04 Å². The molecule has 2 aromatic carbocycles. The average molecular weight is 324 g/mol. The summed E-state index contributed by atoms with van der Waals surface area (Å²) in [4.78, 5) is 14.5. The third-order valence-corrected chi connectivity index (χ3v) is 4.70. The van der Waals surface area contributed by atoms with E-state index in [-0.39, 0.29) is 5.91 Å². The lowest BCUT2D eigenvalue weighted by Gasteiger charge is -2.21. The molecule has 4 heteroatoms. The van der Waals surface area contributed by atoms with E-state index in [1.54, 1.807) is 7.11 Å². The van der Waals surface area contributed by atoms with Gasteiger partial charge < -0.3 is 15.4 Å². The third-order valence-electron chi connectivity index (χ3n) is 4.70. The Balaban J connectivity index is 1.58. The van der Waals surface area contributed by atoms with Gasteiger partial charge in [0.05, 0.1) is 13.2 Å². The molecule has 0 spiro atoms. The summed E-state index contributed by atoms with van der Waals surface area (Å²) in [6.07, 6.45) is 1.57. The Morgan fingerprint density at radius 3 is 2.58 bits per heavy atom. The van der Waals surface area contributed by atoms with Crippen molar-refractivity contribution in [1.82, 2.24) is 4.90 Å². The lowest BCUT2D eigenvalue weighted by atomic mass is 9.98. The molecule has 2 atom stereocenters. The summed E-state index contributed by atoms with van der Waals surface area (Å²) in [5, 5.41) is 0. The van der Waals surface area contributed by atoms with Gasteiger partial charge in [0.15, 0.2) is 0 Å². The predicted molar refractivity (Wildman–Crippen MR) is 95.1 cm³/mol. The molecule has 24 heavy (non-hydrogen) atoms. The maximum Gasteiger partial charge on any atom is 0.239 e. The van der Waals surface area contributed by atoms with Crippen molar-refractivity contribution in [3.8, 4) is 5.75 Å². The number of ether oxygens (including phenoxy) is 1. The van der Waals surface area contributed by atoms with Crippen molar-refractivity contribution in [3.63, 3.8) is 0 Å². The summed E-state index contributed by atoms with van der Waals surface area (Å²) in [6, 6.07) is 17.6. The number of hydrogen-bond donors (Lipinski definition) is 1. The number of rotatable bonds is 5. The summed E-state index contributed by atoms with van der Waals surface area (Å²) in [5.41, 5.74) is 8.50. The highest BCUT2D eigenvalue weighted by molar-refractivity contribution is 5.82. The van der Waals surface area contributed by atoms with Gasteiger partial charge in [-0.1, -0.05) is 42.5 Å². The minimum absolute atomic E-state index is 0.0508. The lowest BCUT2D eigenvalue weighted by Crippen LogP contribution is -2.43. The maximum absolute atomic E-state index is 12.6. The Hall–Kier alpha value is -2.33. The van der Waals surface area contributed by atoms with Gasteiger partial charge in [0.2, 0.25) is 5.91 Å². The molecule has 1 amide bonds. The van der Waals surface area contributed by atoms with Crippen LogP contribution in [0.15, 0.2) is 54.6 Å². The van der Waals surface area contributed by atoms with E-state index >= 15 is 0 Å². The second kappa shape index (κ2) is 7.49. The van der Waals surface area contributed by atoms with Crippen LogP contribution in [0.1, 0.15) is 23.5 Å². The Morgan fingerprint density at radius 2 is 1.92 bits per heavy atom. The average Bonchev–Trinajstić information content (AvgIpc) is 3.12. The number of nitrogens with two attached hydrogens (primary N) is 1. The number of methoxy groups -OCH3 is 1.